The summed E-state index contributed by atoms with van der Waals surface area (Å²) in [5, 5.41) is 20.7. The van der Waals surface area contributed by atoms with Gasteiger partial charge in [-0.25, -0.2) is 0 Å². The Balaban J connectivity index is 2.03. The van der Waals surface area contributed by atoms with E-state index in [9.17, 15) is 15.0 Å². The number of methoxy groups -OCH3 is 1. The lowest BCUT2D eigenvalue weighted by Gasteiger charge is -2.58. The topological polar surface area (TPSA) is 70.0 Å². The third-order valence-electron chi connectivity index (χ3n) is 6.42. The number of ketones is 1. The fraction of sp³-hybridized carbons (Fsp3) is 0.526. The summed E-state index contributed by atoms with van der Waals surface area (Å²) in [6.07, 6.45) is 3.05. The maximum Gasteiger partial charge on any atom is 0.197 e. The van der Waals surface area contributed by atoms with Gasteiger partial charge in [0.1, 0.15) is 0 Å². The van der Waals surface area contributed by atoms with Gasteiger partial charge in [0.2, 0.25) is 0 Å². The van der Waals surface area contributed by atoms with Crippen molar-refractivity contribution in [3.63, 3.8) is 0 Å². The van der Waals surface area contributed by atoms with Gasteiger partial charge in [-0.2, -0.15) is 0 Å². The monoisotopic (exact) mass is 329 g/mol. The Morgan fingerprint density at radius 2 is 2.08 bits per heavy atom. The van der Waals surface area contributed by atoms with Crippen LogP contribution in [-0.2, 0) is 14.9 Å². The van der Waals surface area contributed by atoms with Crippen molar-refractivity contribution in [2.75, 3.05) is 20.7 Å². The van der Waals surface area contributed by atoms with E-state index in [1.54, 1.807) is 6.07 Å². The van der Waals surface area contributed by atoms with Crippen LogP contribution in [0.1, 0.15) is 36.8 Å². The SMILES string of the molecule is COC1=CC2[C@@H]3[C@H](C)c4ccc(O)c(O)c4[C@]2(CCN3C)CC1=O. The molecule has 2 N–H and O–H groups in total. The van der Waals surface area contributed by atoms with E-state index in [0.29, 0.717) is 12.2 Å². The van der Waals surface area contributed by atoms with Crippen LogP contribution < -0.4 is 0 Å². The van der Waals surface area contributed by atoms with Gasteiger partial charge >= 0.3 is 0 Å². The Bertz CT molecular complexity index is 756. The summed E-state index contributed by atoms with van der Waals surface area (Å²) in [7, 11) is 3.65. The lowest BCUT2D eigenvalue weighted by Crippen LogP contribution is -2.61. The molecular weight excluding hydrogens is 306 g/mol. The molecule has 3 aliphatic rings. The third-order valence-corrected chi connectivity index (χ3v) is 6.42. The lowest BCUT2D eigenvalue weighted by atomic mass is 9.51. The van der Waals surface area contributed by atoms with E-state index in [4.69, 9.17) is 4.74 Å². The van der Waals surface area contributed by atoms with Crippen LogP contribution in [0.4, 0.5) is 0 Å². The molecule has 24 heavy (non-hydrogen) atoms. The van der Waals surface area contributed by atoms with Crippen LogP contribution >= 0.6 is 0 Å². The highest BCUT2D eigenvalue weighted by Gasteiger charge is 2.58. The second-order valence-corrected chi connectivity index (χ2v) is 7.42. The number of hydrogen-bond acceptors (Lipinski definition) is 5. The lowest BCUT2D eigenvalue weighted by molar-refractivity contribution is -0.123. The van der Waals surface area contributed by atoms with E-state index in [1.807, 2.05) is 12.1 Å². The number of phenolic OH excluding ortho intramolecular Hbond substituents is 2. The summed E-state index contributed by atoms with van der Waals surface area (Å²) in [4.78, 5) is 14.9. The van der Waals surface area contributed by atoms with Crippen LogP contribution in [0.3, 0.4) is 0 Å². The average Bonchev–Trinajstić information content (AvgIpc) is 2.55. The number of ether oxygens (including phenoxy) is 1. The fourth-order valence-corrected chi connectivity index (χ4v) is 5.32. The van der Waals surface area contributed by atoms with Crippen molar-refractivity contribution in [3.8, 4) is 11.5 Å². The molecule has 1 aromatic rings. The van der Waals surface area contributed by atoms with Gasteiger partial charge in [0.25, 0.3) is 0 Å². The van der Waals surface area contributed by atoms with Gasteiger partial charge in [0.15, 0.2) is 23.0 Å². The molecule has 1 aliphatic heterocycles. The number of nitrogens with zero attached hydrogens (tertiary/aromatic N) is 1. The molecule has 1 unspecified atom stereocenters. The predicted octanol–water partition coefficient (Wildman–Crippen LogP) is 2.28. The average molecular weight is 329 g/mol. The van der Waals surface area contributed by atoms with Crippen molar-refractivity contribution >= 4 is 5.78 Å². The summed E-state index contributed by atoms with van der Waals surface area (Å²) < 4.78 is 5.31. The highest BCUT2D eigenvalue weighted by atomic mass is 16.5. The number of piperidine rings is 1. The Kier molecular flexibility index (Phi) is 3.23. The van der Waals surface area contributed by atoms with Gasteiger partial charge in [-0.1, -0.05) is 13.0 Å². The maximum absolute atomic E-state index is 12.6. The van der Waals surface area contributed by atoms with E-state index in [-0.39, 0.29) is 35.2 Å². The normalized spacial score (nSPS) is 35.0. The molecule has 0 radical (unpaired) electrons. The van der Waals surface area contributed by atoms with Crippen LogP contribution in [0.5, 0.6) is 11.5 Å². The number of rotatable bonds is 1. The van der Waals surface area contributed by atoms with Crippen LogP contribution in [-0.4, -0.2) is 47.6 Å². The van der Waals surface area contributed by atoms with Crippen molar-refractivity contribution in [2.24, 2.45) is 5.92 Å². The molecule has 4 atom stereocenters. The Morgan fingerprint density at radius 1 is 1.33 bits per heavy atom. The summed E-state index contributed by atoms with van der Waals surface area (Å²) >= 11 is 0. The van der Waals surface area contributed by atoms with Crippen molar-refractivity contribution < 1.29 is 19.7 Å². The number of allylic oxidation sites excluding steroid dienone is 1. The first-order valence-corrected chi connectivity index (χ1v) is 8.45. The number of aromatic hydroxyl groups is 2. The quantitative estimate of drug-likeness (QED) is 0.774. The Hall–Kier alpha value is -2.01. The highest BCUT2D eigenvalue weighted by Crippen LogP contribution is 2.60. The molecule has 2 aliphatic carbocycles. The van der Waals surface area contributed by atoms with Gasteiger partial charge in [0.05, 0.1) is 7.11 Å². The zero-order chi connectivity index (χ0) is 17.2. The number of likely N-dealkylation sites (tertiary alicyclic amines) is 1. The second-order valence-electron chi connectivity index (χ2n) is 7.42. The first-order chi connectivity index (χ1) is 11.4. The zero-order valence-corrected chi connectivity index (χ0v) is 14.2. The Labute approximate surface area is 141 Å². The van der Waals surface area contributed by atoms with Crippen molar-refractivity contribution in [1.29, 1.82) is 0 Å². The van der Waals surface area contributed by atoms with Crippen LogP contribution in [0, 0.1) is 5.92 Å². The molecule has 5 nitrogen and oxygen atoms in total. The van der Waals surface area contributed by atoms with Gasteiger partial charge in [-0.05, 0) is 43.6 Å². The Morgan fingerprint density at radius 3 is 2.79 bits per heavy atom. The fourth-order valence-electron chi connectivity index (χ4n) is 5.32. The van der Waals surface area contributed by atoms with Gasteiger partial charge < -0.3 is 19.8 Å². The molecule has 128 valence electrons. The molecular formula is C19H23NO4. The largest absolute Gasteiger partial charge is 0.504 e. The van der Waals surface area contributed by atoms with Crippen molar-refractivity contribution in [1.82, 2.24) is 4.90 Å². The van der Waals surface area contributed by atoms with Crippen molar-refractivity contribution in [2.45, 2.75) is 37.1 Å². The molecule has 1 heterocycles. The minimum absolute atomic E-state index is 0.0275. The van der Waals surface area contributed by atoms with Gasteiger partial charge in [0, 0.05) is 29.4 Å². The molecule has 5 heteroatoms. The second kappa shape index (κ2) is 4.99. The first kappa shape index (κ1) is 15.5. The standard InChI is InChI=1S/C19H23NO4/c1-10-11-4-5-13(21)18(23)16(11)19-6-7-20(2)17(10)12(19)8-15(24-3)14(22)9-19/h4-5,8,10,12,17,21,23H,6-7,9H2,1-3H3/t10-,12?,17+,19-/m1/s1. The number of phenols is 2. The first-order valence-electron chi connectivity index (χ1n) is 8.45. The summed E-state index contributed by atoms with van der Waals surface area (Å²) in [6, 6.07) is 3.70. The molecule has 0 aromatic heterocycles. The van der Waals surface area contributed by atoms with Crippen LogP contribution in [0.2, 0.25) is 0 Å². The molecule has 4 rings (SSSR count). The summed E-state index contributed by atoms with van der Waals surface area (Å²) in [6.45, 7) is 3.02. The third kappa shape index (κ3) is 1.76. The van der Waals surface area contributed by atoms with Gasteiger partial charge in [-0.15, -0.1) is 0 Å². The van der Waals surface area contributed by atoms with Crippen LogP contribution in [0.25, 0.3) is 0 Å². The number of likely N-dealkylation sites (N-methyl/N-ethyl adjacent to an activating group) is 1. The summed E-state index contributed by atoms with van der Waals surface area (Å²) in [5.74, 6) is 0.498. The number of Topliss-reactive ketones (excluding diaryl/α,β-unsaturated/α-hetero) is 1. The maximum atomic E-state index is 12.6. The molecule has 1 fully saturated rings. The number of benzene rings is 1. The number of fused-ring (bicyclic) bond motifs is 1. The molecule has 1 saturated heterocycles. The van der Waals surface area contributed by atoms with Crippen LogP contribution in [0.15, 0.2) is 24.0 Å². The molecule has 0 amide bonds. The zero-order valence-electron chi connectivity index (χ0n) is 14.2. The van der Waals surface area contributed by atoms with E-state index in [2.05, 4.69) is 18.9 Å². The van der Waals surface area contributed by atoms with E-state index >= 15 is 0 Å². The number of carbonyl (C=O) groups excluding carboxylic acids is 1. The minimum atomic E-state index is -0.457. The van der Waals surface area contributed by atoms with E-state index < -0.39 is 5.41 Å². The van der Waals surface area contributed by atoms with Crippen molar-refractivity contribution in [3.05, 3.63) is 35.1 Å². The molecule has 2 bridgehead atoms. The van der Waals surface area contributed by atoms with E-state index in [1.165, 1.54) is 7.11 Å². The minimum Gasteiger partial charge on any atom is -0.504 e. The van der Waals surface area contributed by atoms with E-state index in [0.717, 1.165) is 24.1 Å². The van der Waals surface area contributed by atoms with Gasteiger partial charge in [-0.3, -0.25) is 4.79 Å². The molecule has 0 spiro atoms. The highest BCUT2D eigenvalue weighted by molar-refractivity contribution is 5.96. The molecule has 1 aromatic carbocycles. The molecule has 0 saturated carbocycles. The predicted molar refractivity (Wildman–Crippen MR) is 89.1 cm³/mol. The number of hydrogen-bond donors (Lipinski definition) is 2. The number of carbonyl (C=O) groups is 1. The smallest absolute Gasteiger partial charge is 0.197 e. The summed E-state index contributed by atoms with van der Waals surface area (Å²) in [5.41, 5.74) is 1.35.